The SMILES string of the molecule is O=C(O)CC(O)CNc1c(F)cc(F)cc1Cl. The molecule has 4 nitrogen and oxygen atoms in total. The molecule has 1 rings (SSSR count). The number of benzene rings is 1. The summed E-state index contributed by atoms with van der Waals surface area (Å²) in [5.74, 6) is -2.90. The highest BCUT2D eigenvalue weighted by Crippen LogP contribution is 2.26. The van der Waals surface area contributed by atoms with Gasteiger partial charge < -0.3 is 15.5 Å². The topological polar surface area (TPSA) is 69.6 Å². The van der Waals surface area contributed by atoms with Crippen LogP contribution in [0.3, 0.4) is 0 Å². The number of nitrogens with one attached hydrogen (secondary N) is 1. The van der Waals surface area contributed by atoms with Gasteiger partial charge in [-0.15, -0.1) is 0 Å². The van der Waals surface area contributed by atoms with Gasteiger partial charge in [-0.25, -0.2) is 8.78 Å². The maximum Gasteiger partial charge on any atom is 0.306 e. The Morgan fingerprint density at radius 2 is 2.12 bits per heavy atom. The molecule has 0 aliphatic carbocycles. The van der Waals surface area contributed by atoms with Crippen LogP contribution in [0.5, 0.6) is 0 Å². The molecule has 1 aromatic rings. The van der Waals surface area contributed by atoms with Crippen LogP contribution >= 0.6 is 11.6 Å². The van der Waals surface area contributed by atoms with Crippen LogP contribution in [0.2, 0.25) is 5.02 Å². The van der Waals surface area contributed by atoms with Gasteiger partial charge in [0.1, 0.15) is 5.82 Å². The van der Waals surface area contributed by atoms with Crippen molar-refractivity contribution in [2.24, 2.45) is 0 Å². The second-order valence-electron chi connectivity index (χ2n) is 3.38. The van der Waals surface area contributed by atoms with E-state index in [1.165, 1.54) is 0 Å². The summed E-state index contributed by atoms with van der Waals surface area (Å²) in [6.45, 7) is -0.200. The van der Waals surface area contributed by atoms with Gasteiger partial charge in [-0.1, -0.05) is 11.6 Å². The lowest BCUT2D eigenvalue weighted by Gasteiger charge is -2.12. The van der Waals surface area contributed by atoms with Crippen molar-refractivity contribution >= 4 is 23.3 Å². The van der Waals surface area contributed by atoms with E-state index >= 15 is 0 Å². The number of hydrogen-bond donors (Lipinski definition) is 3. The van der Waals surface area contributed by atoms with E-state index in [2.05, 4.69) is 5.32 Å². The Balaban J connectivity index is 2.66. The van der Waals surface area contributed by atoms with Crippen LogP contribution in [0.1, 0.15) is 6.42 Å². The number of aliphatic hydroxyl groups is 1. The summed E-state index contributed by atoms with van der Waals surface area (Å²) in [5.41, 5.74) is -0.169. The van der Waals surface area contributed by atoms with Crippen LogP contribution in [0, 0.1) is 11.6 Å². The van der Waals surface area contributed by atoms with Crippen molar-refractivity contribution in [2.45, 2.75) is 12.5 Å². The predicted molar refractivity (Wildman–Crippen MR) is 58.1 cm³/mol. The summed E-state index contributed by atoms with van der Waals surface area (Å²) in [5, 5.41) is 19.9. The number of halogens is 3. The standard InChI is InChI=1S/C10H10ClF2NO3/c11-7-1-5(12)2-8(13)10(7)14-4-6(15)3-9(16)17/h1-2,6,14-15H,3-4H2,(H,16,17). The first-order chi connectivity index (χ1) is 7.90. The highest BCUT2D eigenvalue weighted by Gasteiger charge is 2.13. The molecule has 3 N–H and O–H groups in total. The van der Waals surface area contributed by atoms with Crippen LogP contribution in [0.25, 0.3) is 0 Å². The number of carboxylic acid groups (broad SMARTS) is 1. The van der Waals surface area contributed by atoms with Crippen molar-refractivity contribution in [3.63, 3.8) is 0 Å². The molecular weight excluding hydrogens is 256 g/mol. The minimum atomic E-state index is -1.19. The molecule has 0 aromatic heterocycles. The number of carboxylic acids is 1. The molecule has 94 valence electrons. The molecule has 1 atom stereocenters. The Morgan fingerprint density at radius 3 is 2.65 bits per heavy atom. The van der Waals surface area contributed by atoms with E-state index in [1.807, 2.05) is 0 Å². The smallest absolute Gasteiger partial charge is 0.306 e. The molecule has 0 aliphatic heterocycles. The lowest BCUT2D eigenvalue weighted by Crippen LogP contribution is -2.23. The van der Waals surface area contributed by atoms with Gasteiger partial charge >= 0.3 is 5.97 Å². The Hall–Kier alpha value is -1.40. The average molecular weight is 266 g/mol. The van der Waals surface area contributed by atoms with Crippen LogP contribution in [-0.4, -0.2) is 28.8 Å². The van der Waals surface area contributed by atoms with Crippen molar-refractivity contribution in [1.29, 1.82) is 0 Å². The molecule has 0 spiro atoms. The summed E-state index contributed by atoms with van der Waals surface area (Å²) in [6.07, 6.45) is -1.67. The third-order valence-electron chi connectivity index (χ3n) is 1.93. The molecule has 0 amide bonds. The average Bonchev–Trinajstić information content (AvgIpc) is 2.14. The van der Waals surface area contributed by atoms with Crippen molar-refractivity contribution in [2.75, 3.05) is 11.9 Å². The fraction of sp³-hybridized carbons (Fsp3) is 0.300. The van der Waals surface area contributed by atoms with Gasteiger partial charge in [0.15, 0.2) is 5.82 Å². The molecule has 0 saturated heterocycles. The zero-order valence-electron chi connectivity index (χ0n) is 8.58. The van der Waals surface area contributed by atoms with Gasteiger partial charge in [-0.3, -0.25) is 4.79 Å². The lowest BCUT2D eigenvalue weighted by atomic mass is 10.2. The fourth-order valence-electron chi connectivity index (χ4n) is 1.20. The summed E-state index contributed by atoms with van der Waals surface area (Å²) in [7, 11) is 0. The Labute approximate surface area is 101 Å². The molecule has 0 radical (unpaired) electrons. The quantitative estimate of drug-likeness (QED) is 0.760. The summed E-state index contributed by atoms with van der Waals surface area (Å²) in [4.78, 5) is 10.3. The highest BCUT2D eigenvalue weighted by molar-refractivity contribution is 6.33. The second kappa shape index (κ2) is 5.79. The first-order valence-corrected chi connectivity index (χ1v) is 5.06. The van der Waals surface area contributed by atoms with Crippen LogP contribution in [-0.2, 0) is 4.79 Å². The molecular formula is C10H10ClF2NO3. The number of rotatable bonds is 5. The van der Waals surface area contributed by atoms with Crippen LogP contribution in [0.4, 0.5) is 14.5 Å². The number of anilines is 1. The van der Waals surface area contributed by atoms with Crippen molar-refractivity contribution in [1.82, 2.24) is 0 Å². The Kier molecular flexibility index (Phi) is 4.65. The molecule has 0 bridgehead atoms. The van der Waals surface area contributed by atoms with Crippen molar-refractivity contribution in [3.8, 4) is 0 Å². The van der Waals surface area contributed by atoms with Gasteiger partial charge in [-0.05, 0) is 6.07 Å². The van der Waals surface area contributed by atoms with E-state index in [0.717, 1.165) is 6.07 Å². The summed E-state index contributed by atoms with van der Waals surface area (Å²) in [6, 6.07) is 1.55. The van der Waals surface area contributed by atoms with E-state index in [-0.39, 0.29) is 17.3 Å². The number of hydrogen-bond acceptors (Lipinski definition) is 3. The molecule has 1 aromatic carbocycles. The first kappa shape index (κ1) is 13.7. The van der Waals surface area contributed by atoms with E-state index in [1.54, 1.807) is 0 Å². The molecule has 17 heavy (non-hydrogen) atoms. The Morgan fingerprint density at radius 1 is 1.47 bits per heavy atom. The largest absolute Gasteiger partial charge is 0.481 e. The first-order valence-electron chi connectivity index (χ1n) is 4.68. The van der Waals surface area contributed by atoms with Crippen LogP contribution < -0.4 is 5.32 Å². The molecule has 0 aliphatic rings. The maximum atomic E-state index is 13.2. The zero-order valence-corrected chi connectivity index (χ0v) is 9.34. The molecule has 1 unspecified atom stereocenters. The zero-order chi connectivity index (χ0) is 13.0. The molecule has 0 saturated carbocycles. The fourth-order valence-corrected chi connectivity index (χ4v) is 1.47. The normalized spacial score (nSPS) is 12.2. The van der Waals surface area contributed by atoms with Crippen LogP contribution in [0.15, 0.2) is 12.1 Å². The van der Waals surface area contributed by atoms with Gasteiger partial charge in [0.2, 0.25) is 0 Å². The number of aliphatic carboxylic acids is 1. The van der Waals surface area contributed by atoms with Crippen molar-refractivity contribution < 1.29 is 23.8 Å². The van der Waals surface area contributed by atoms with E-state index in [0.29, 0.717) is 6.07 Å². The molecule has 0 fully saturated rings. The second-order valence-corrected chi connectivity index (χ2v) is 3.78. The molecule has 0 heterocycles. The monoisotopic (exact) mass is 265 g/mol. The lowest BCUT2D eigenvalue weighted by molar-refractivity contribution is -0.138. The van der Waals surface area contributed by atoms with Gasteiger partial charge in [0.05, 0.1) is 23.2 Å². The van der Waals surface area contributed by atoms with Gasteiger partial charge in [0, 0.05) is 12.6 Å². The van der Waals surface area contributed by atoms with E-state index in [4.69, 9.17) is 16.7 Å². The number of carbonyl (C=O) groups is 1. The minimum Gasteiger partial charge on any atom is -0.481 e. The molecule has 7 heteroatoms. The number of aliphatic hydroxyl groups excluding tert-OH is 1. The predicted octanol–water partition coefficient (Wildman–Crippen LogP) is 1.87. The third-order valence-corrected chi connectivity index (χ3v) is 2.23. The highest BCUT2D eigenvalue weighted by atomic mass is 35.5. The maximum absolute atomic E-state index is 13.2. The van der Waals surface area contributed by atoms with E-state index in [9.17, 15) is 18.7 Å². The van der Waals surface area contributed by atoms with Gasteiger partial charge in [0.25, 0.3) is 0 Å². The van der Waals surface area contributed by atoms with Gasteiger partial charge in [-0.2, -0.15) is 0 Å². The van der Waals surface area contributed by atoms with Crippen molar-refractivity contribution in [3.05, 3.63) is 28.8 Å². The Bertz CT molecular complexity index is 405. The third kappa shape index (κ3) is 4.16. The van der Waals surface area contributed by atoms with E-state index < -0.39 is 30.1 Å². The summed E-state index contributed by atoms with van der Waals surface area (Å²) >= 11 is 5.58. The minimum absolute atomic E-state index is 0.169. The summed E-state index contributed by atoms with van der Waals surface area (Å²) < 4.78 is 25.9.